The summed E-state index contributed by atoms with van der Waals surface area (Å²) in [6, 6.07) is 18.9. The van der Waals surface area contributed by atoms with Crippen molar-refractivity contribution in [3.05, 3.63) is 65.2 Å². The molecule has 1 amide bonds. The smallest absolute Gasteiger partial charge is 0.234 e. The maximum atomic E-state index is 12.5. The minimum atomic E-state index is 0.150. The second-order valence-corrected chi connectivity index (χ2v) is 9.67. The summed E-state index contributed by atoms with van der Waals surface area (Å²) in [4.78, 5) is 22.0. The van der Waals surface area contributed by atoms with Crippen LogP contribution < -0.4 is 5.32 Å². The molecule has 0 unspecified atom stereocenters. The van der Waals surface area contributed by atoms with Crippen LogP contribution in [0.15, 0.2) is 54.6 Å². The molecule has 6 heteroatoms. The van der Waals surface area contributed by atoms with Crippen LogP contribution in [0.4, 0.5) is 0 Å². The predicted molar refractivity (Wildman–Crippen MR) is 122 cm³/mol. The van der Waals surface area contributed by atoms with E-state index in [4.69, 9.17) is 4.98 Å². The van der Waals surface area contributed by atoms with E-state index in [0.717, 1.165) is 44.8 Å². The van der Waals surface area contributed by atoms with Crippen LogP contribution >= 0.6 is 11.3 Å². The van der Waals surface area contributed by atoms with E-state index in [1.807, 2.05) is 6.07 Å². The molecule has 1 N–H and O–H groups in total. The lowest BCUT2D eigenvalue weighted by Crippen LogP contribution is -2.49. The molecule has 2 heterocycles. The Morgan fingerprint density at radius 2 is 1.67 bits per heavy atom. The van der Waals surface area contributed by atoms with Crippen molar-refractivity contribution in [1.82, 2.24) is 20.1 Å². The van der Waals surface area contributed by atoms with Gasteiger partial charge in [0.25, 0.3) is 0 Å². The van der Waals surface area contributed by atoms with Crippen molar-refractivity contribution in [2.75, 3.05) is 39.3 Å². The lowest BCUT2D eigenvalue weighted by molar-refractivity contribution is -0.122. The quantitative estimate of drug-likeness (QED) is 0.637. The molecule has 0 radical (unpaired) electrons. The molecule has 2 fully saturated rings. The first-order valence-electron chi connectivity index (χ1n) is 10.8. The van der Waals surface area contributed by atoms with E-state index in [0.29, 0.717) is 6.54 Å². The Labute approximate surface area is 181 Å². The van der Waals surface area contributed by atoms with Gasteiger partial charge in [0.05, 0.1) is 23.3 Å². The van der Waals surface area contributed by atoms with Gasteiger partial charge in [-0.2, -0.15) is 0 Å². The van der Waals surface area contributed by atoms with E-state index in [2.05, 4.69) is 63.6 Å². The summed E-state index contributed by atoms with van der Waals surface area (Å²) in [7, 11) is 0. The maximum Gasteiger partial charge on any atom is 0.234 e. The molecule has 0 spiro atoms. The van der Waals surface area contributed by atoms with Crippen molar-refractivity contribution in [3.63, 3.8) is 0 Å². The van der Waals surface area contributed by atoms with Gasteiger partial charge < -0.3 is 5.32 Å². The topological polar surface area (TPSA) is 48.5 Å². The number of piperazine rings is 1. The van der Waals surface area contributed by atoms with Gasteiger partial charge in [0, 0.05) is 38.1 Å². The first-order valence-corrected chi connectivity index (χ1v) is 11.6. The van der Waals surface area contributed by atoms with E-state index in [1.165, 1.54) is 28.1 Å². The van der Waals surface area contributed by atoms with E-state index >= 15 is 0 Å². The number of hydrogen-bond donors (Lipinski definition) is 1. The first kappa shape index (κ1) is 19.7. The van der Waals surface area contributed by atoms with Gasteiger partial charge in [0.2, 0.25) is 5.91 Å². The molecule has 2 aliphatic rings. The third kappa shape index (κ3) is 4.41. The van der Waals surface area contributed by atoms with E-state index < -0.39 is 0 Å². The van der Waals surface area contributed by atoms with Crippen molar-refractivity contribution >= 4 is 27.5 Å². The summed E-state index contributed by atoms with van der Waals surface area (Å²) in [6.07, 6.45) is 2.34. The molecular weight excluding hydrogens is 392 g/mol. The van der Waals surface area contributed by atoms with Gasteiger partial charge in [-0.25, -0.2) is 4.98 Å². The average molecular weight is 421 g/mol. The van der Waals surface area contributed by atoms with Gasteiger partial charge in [-0.05, 0) is 30.5 Å². The highest BCUT2D eigenvalue weighted by Crippen LogP contribution is 2.47. The van der Waals surface area contributed by atoms with Crippen molar-refractivity contribution in [2.24, 2.45) is 0 Å². The van der Waals surface area contributed by atoms with E-state index in [-0.39, 0.29) is 11.3 Å². The SMILES string of the molecule is O=C(CN1CCN(Cc2nc3ccccc3s2)CC1)NCC1(c2ccccc2)CC1. The predicted octanol–water partition coefficient (Wildman–Crippen LogP) is 3.26. The number of fused-ring (bicyclic) bond motifs is 1. The first-order chi connectivity index (χ1) is 14.7. The van der Waals surface area contributed by atoms with Crippen LogP contribution in [0.5, 0.6) is 0 Å². The van der Waals surface area contributed by atoms with Crippen LogP contribution in [0, 0.1) is 0 Å². The number of nitrogens with zero attached hydrogens (tertiary/aromatic N) is 3. The zero-order valence-electron chi connectivity index (χ0n) is 17.2. The number of nitrogens with one attached hydrogen (secondary N) is 1. The molecule has 30 heavy (non-hydrogen) atoms. The molecule has 5 rings (SSSR count). The number of hydrogen-bond acceptors (Lipinski definition) is 5. The fourth-order valence-electron chi connectivity index (χ4n) is 4.32. The van der Waals surface area contributed by atoms with Crippen LogP contribution in [0.3, 0.4) is 0 Å². The monoisotopic (exact) mass is 420 g/mol. The molecule has 1 saturated carbocycles. The number of para-hydroxylation sites is 1. The minimum Gasteiger partial charge on any atom is -0.354 e. The third-order valence-corrected chi connectivity index (χ3v) is 7.41. The maximum absolute atomic E-state index is 12.5. The Bertz CT molecular complexity index is 973. The Hall–Kier alpha value is -2.28. The zero-order chi connectivity index (χ0) is 20.4. The largest absolute Gasteiger partial charge is 0.354 e. The van der Waals surface area contributed by atoms with E-state index in [9.17, 15) is 4.79 Å². The normalized spacial score (nSPS) is 19.1. The summed E-state index contributed by atoms with van der Waals surface area (Å²) in [5.41, 5.74) is 2.62. The van der Waals surface area contributed by atoms with Crippen molar-refractivity contribution in [1.29, 1.82) is 0 Å². The molecule has 2 aromatic carbocycles. The molecular formula is C24H28N4OS. The summed E-state index contributed by atoms with van der Waals surface area (Å²) in [5.74, 6) is 0.150. The Kier molecular flexibility index (Phi) is 5.54. The molecule has 1 saturated heterocycles. The highest BCUT2D eigenvalue weighted by Gasteiger charge is 2.44. The zero-order valence-corrected chi connectivity index (χ0v) is 18.0. The average Bonchev–Trinajstić information content (AvgIpc) is 3.47. The Morgan fingerprint density at radius 1 is 0.967 bits per heavy atom. The van der Waals surface area contributed by atoms with Crippen molar-refractivity contribution < 1.29 is 4.79 Å². The number of benzene rings is 2. The molecule has 0 bridgehead atoms. The van der Waals surface area contributed by atoms with Gasteiger partial charge in [-0.1, -0.05) is 42.5 Å². The number of carbonyl (C=O) groups is 1. The van der Waals surface area contributed by atoms with Crippen molar-refractivity contribution in [2.45, 2.75) is 24.8 Å². The van der Waals surface area contributed by atoms with Crippen LogP contribution in [0.1, 0.15) is 23.4 Å². The summed E-state index contributed by atoms with van der Waals surface area (Å²) < 4.78 is 1.26. The van der Waals surface area contributed by atoms with Gasteiger partial charge in [-0.3, -0.25) is 14.6 Å². The second-order valence-electron chi connectivity index (χ2n) is 8.55. The molecule has 1 aromatic heterocycles. The summed E-state index contributed by atoms with van der Waals surface area (Å²) >= 11 is 1.78. The van der Waals surface area contributed by atoms with Gasteiger partial charge >= 0.3 is 0 Å². The fourth-order valence-corrected chi connectivity index (χ4v) is 5.33. The number of amides is 1. The number of rotatable bonds is 7. The number of thiazole rings is 1. The lowest BCUT2D eigenvalue weighted by Gasteiger charge is -2.33. The van der Waals surface area contributed by atoms with Gasteiger partial charge in [0.15, 0.2) is 0 Å². The van der Waals surface area contributed by atoms with Crippen LogP contribution in [0.2, 0.25) is 0 Å². The van der Waals surface area contributed by atoms with Crippen molar-refractivity contribution in [3.8, 4) is 0 Å². The molecule has 0 atom stereocenters. The minimum absolute atomic E-state index is 0.150. The standard InChI is InChI=1S/C24H28N4OS/c29-22(25-18-24(10-11-24)19-6-2-1-3-7-19)16-27-12-14-28(15-13-27)17-23-26-20-8-4-5-9-21(20)30-23/h1-9H,10-18H2,(H,25,29). The summed E-state index contributed by atoms with van der Waals surface area (Å²) in [5, 5.41) is 4.37. The van der Waals surface area contributed by atoms with E-state index in [1.54, 1.807) is 11.3 Å². The lowest BCUT2D eigenvalue weighted by atomic mass is 9.96. The molecule has 1 aliphatic heterocycles. The van der Waals surface area contributed by atoms with Gasteiger partial charge in [-0.15, -0.1) is 11.3 Å². The molecule has 3 aromatic rings. The van der Waals surface area contributed by atoms with Gasteiger partial charge in [0.1, 0.15) is 5.01 Å². The highest BCUT2D eigenvalue weighted by atomic mass is 32.1. The Balaban J connectivity index is 1.07. The Morgan fingerprint density at radius 3 is 2.40 bits per heavy atom. The van der Waals surface area contributed by atoms with Crippen LogP contribution in [0.25, 0.3) is 10.2 Å². The summed E-state index contributed by atoms with van der Waals surface area (Å²) in [6.45, 7) is 5.99. The highest BCUT2D eigenvalue weighted by molar-refractivity contribution is 7.18. The molecule has 1 aliphatic carbocycles. The third-order valence-electron chi connectivity index (χ3n) is 6.39. The van der Waals surface area contributed by atoms with Crippen LogP contribution in [-0.2, 0) is 16.8 Å². The molecule has 5 nitrogen and oxygen atoms in total. The number of carbonyl (C=O) groups excluding carboxylic acids is 1. The number of aromatic nitrogens is 1. The second kappa shape index (κ2) is 8.46. The molecule has 156 valence electrons. The fraction of sp³-hybridized carbons (Fsp3) is 0.417. The van der Waals surface area contributed by atoms with Crippen LogP contribution in [-0.4, -0.2) is 60.0 Å².